The number of aromatic nitrogens is 2. The second kappa shape index (κ2) is 10.4. The lowest BCUT2D eigenvalue weighted by atomic mass is 9.86. The molecule has 1 N–H and O–H groups in total. The van der Waals surface area contributed by atoms with Gasteiger partial charge in [0.15, 0.2) is 5.13 Å². The molecule has 200 valence electrons. The van der Waals surface area contributed by atoms with Crippen LogP contribution in [-0.4, -0.2) is 58.6 Å². The summed E-state index contributed by atoms with van der Waals surface area (Å²) in [6, 6.07) is 6.86. The van der Waals surface area contributed by atoms with Crippen molar-refractivity contribution in [2.45, 2.75) is 64.1 Å². The number of methoxy groups -OCH3 is 1. The number of carbonyl (C=O) groups is 2. The Balaban J connectivity index is 1.59. The molecule has 1 saturated heterocycles. The number of thiazole rings is 1. The largest absolute Gasteiger partial charge is 0.472 e. The van der Waals surface area contributed by atoms with Gasteiger partial charge in [0, 0.05) is 28.8 Å². The van der Waals surface area contributed by atoms with E-state index in [4.69, 9.17) is 14.5 Å². The molecule has 3 aromatic rings. The minimum atomic E-state index is -0.734. The van der Waals surface area contributed by atoms with Crippen molar-refractivity contribution < 1.29 is 19.1 Å². The van der Waals surface area contributed by atoms with Gasteiger partial charge in [-0.1, -0.05) is 52.0 Å². The van der Waals surface area contributed by atoms with E-state index in [-0.39, 0.29) is 23.8 Å². The van der Waals surface area contributed by atoms with Crippen LogP contribution in [0.1, 0.15) is 51.8 Å². The lowest BCUT2D eigenvalue weighted by Gasteiger charge is -2.29. The van der Waals surface area contributed by atoms with Crippen LogP contribution in [0.4, 0.5) is 5.13 Å². The zero-order valence-electron chi connectivity index (χ0n) is 22.4. The van der Waals surface area contributed by atoms with Crippen molar-refractivity contribution in [1.29, 1.82) is 0 Å². The first-order valence-corrected chi connectivity index (χ1v) is 13.9. The fraction of sp³-hybridized carbons (Fsp3) is 0.448. The average Bonchev–Trinajstić information content (AvgIpc) is 3.54. The Bertz CT molecular complexity index is 1380. The van der Waals surface area contributed by atoms with E-state index in [1.165, 1.54) is 18.4 Å². The van der Waals surface area contributed by atoms with Gasteiger partial charge < -0.3 is 19.7 Å². The molecule has 0 saturated carbocycles. The summed E-state index contributed by atoms with van der Waals surface area (Å²) in [5, 5.41) is 8.01. The monoisotopic (exact) mass is 534 g/mol. The van der Waals surface area contributed by atoms with Gasteiger partial charge in [0.1, 0.15) is 18.2 Å². The van der Waals surface area contributed by atoms with Gasteiger partial charge in [-0.05, 0) is 35.4 Å². The van der Waals surface area contributed by atoms with Gasteiger partial charge in [-0.2, -0.15) is 0 Å². The average molecular weight is 535 g/mol. The molecule has 0 radical (unpaired) electrons. The number of benzene rings is 1. The van der Waals surface area contributed by atoms with E-state index >= 15 is 0 Å². The molecular weight excluding hydrogens is 500 g/mol. The number of hydrogen-bond acceptors (Lipinski definition) is 8. The minimum absolute atomic E-state index is 0.0344. The van der Waals surface area contributed by atoms with Crippen molar-refractivity contribution >= 4 is 45.2 Å². The molecule has 9 heteroatoms. The molecule has 8 nitrogen and oxygen atoms in total. The van der Waals surface area contributed by atoms with E-state index in [2.05, 4.69) is 59.9 Å². The highest BCUT2D eigenvalue weighted by Crippen LogP contribution is 2.33. The number of pyridine rings is 1. The second-order valence-electron chi connectivity index (χ2n) is 11.0. The van der Waals surface area contributed by atoms with E-state index in [1.807, 2.05) is 19.9 Å². The summed E-state index contributed by atoms with van der Waals surface area (Å²) in [5.41, 5.74) is 1.82. The Labute approximate surface area is 227 Å². The molecular formula is C29H34N4O4S. The van der Waals surface area contributed by atoms with Crippen molar-refractivity contribution in [3.8, 4) is 5.88 Å². The van der Waals surface area contributed by atoms with E-state index in [0.717, 1.165) is 28.5 Å². The summed E-state index contributed by atoms with van der Waals surface area (Å²) in [6.45, 7) is 8.57. The number of nitrogens with one attached hydrogen (secondary N) is 1. The van der Waals surface area contributed by atoms with Crippen LogP contribution in [0.25, 0.3) is 16.8 Å². The SMILES string of the molecule is COC(=O)[C@@H]1C[C@@H]2CN1C(=O)[C@H](C(C)C)Nc1nc(cs1)C(C)(C)C/C=C/c1ccc3ccnc(c3c1)O2. The summed E-state index contributed by atoms with van der Waals surface area (Å²) in [6.07, 6.45) is 6.73. The summed E-state index contributed by atoms with van der Waals surface area (Å²) < 4.78 is 11.5. The number of nitrogens with zero attached hydrogens (tertiary/aromatic N) is 3. The quantitative estimate of drug-likeness (QED) is 0.460. The third-order valence-electron chi connectivity index (χ3n) is 7.40. The maximum atomic E-state index is 13.9. The second-order valence-corrected chi connectivity index (χ2v) is 11.9. The molecule has 2 aliphatic rings. The molecule has 3 atom stereocenters. The van der Waals surface area contributed by atoms with E-state index in [9.17, 15) is 9.59 Å². The number of fused-ring (bicyclic) bond motifs is 5. The predicted octanol–water partition coefficient (Wildman–Crippen LogP) is 5.04. The number of anilines is 1. The Morgan fingerprint density at radius 2 is 2.11 bits per heavy atom. The third-order valence-corrected chi connectivity index (χ3v) is 8.17. The molecule has 1 fully saturated rings. The van der Waals surface area contributed by atoms with Crippen molar-refractivity contribution in [2.24, 2.45) is 5.92 Å². The first kappa shape index (κ1) is 26.2. The van der Waals surface area contributed by atoms with Crippen molar-refractivity contribution in [3.05, 3.63) is 53.2 Å². The number of hydrogen-bond donors (Lipinski definition) is 1. The Morgan fingerprint density at radius 1 is 1.29 bits per heavy atom. The van der Waals surface area contributed by atoms with E-state index in [1.54, 1.807) is 11.1 Å². The first-order chi connectivity index (χ1) is 18.2. The Morgan fingerprint density at radius 3 is 2.87 bits per heavy atom. The van der Waals surface area contributed by atoms with Gasteiger partial charge in [-0.15, -0.1) is 11.3 Å². The summed E-state index contributed by atoms with van der Waals surface area (Å²) >= 11 is 1.49. The maximum Gasteiger partial charge on any atom is 0.328 e. The summed E-state index contributed by atoms with van der Waals surface area (Å²) in [7, 11) is 1.35. The van der Waals surface area contributed by atoms with Gasteiger partial charge in [0.05, 0.1) is 19.3 Å². The van der Waals surface area contributed by atoms with Crippen LogP contribution < -0.4 is 10.1 Å². The number of rotatable bonds is 2. The van der Waals surface area contributed by atoms with Crippen LogP contribution in [0, 0.1) is 5.92 Å². The highest BCUT2D eigenvalue weighted by molar-refractivity contribution is 7.13. The molecule has 5 rings (SSSR count). The lowest BCUT2D eigenvalue weighted by Crippen LogP contribution is -2.50. The van der Waals surface area contributed by atoms with E-state index in [0.29, 0.717) is 17.4 Å². The normalized spacial score (nSPS) is 24.0. The zero-order valence-corrected chi connectivity index (χ0v) is 23.2. The third kappa shape index (κ3) is 5.12. The van der Waals surface area contributed by atoms with Crippen LogP contribution in [0.3, 0.4) is 0 Å². The smallest absolute Gasteiger partial charge is 0.328 e. The highest BCUT2D eigenvalue weighted by Gasteiger charge is 2.44. The van der Waals surface area contributed by atoms with Crippen LogP contribution in [0.15, 0.2) is 41.9 Å². The molecule has 0 aliphatic carbocycles. The van der Waals surface area contributed by atoms with Gasteiger partial charge >= 0.3 is 5.97 Å². The Hall–Kier alpha value is -3.46. The highest BCUT2D eigenvalue weighted by atomic mass is 32.1. The number of allylic oxidation sites excluding steroid dienone is 1. The predicted molar refractivity (Wildman–Crippen MR) is 149 cm³/mol. The maximum absolute atomic E-state index is 13.9. The van der Waals surface area contributed by atoms with Crippen molar-refractivity contribution in [2.75, 3.05) is 19.0 Å². The number of ether oxygens (including phenoxy) is 2. The number of carbonyl (C=O) groups excluding carboxylic acids is 2. The molecule has 1 amide bonds. The molecule has 2 aliphatic heterocycles. The fourth-order valence-corrected chi connectivity index (χ4v) is 6.01. The topological polar surface area (TPSA) is 93.7 Å². The Kier molecular flexibility index (Phi) is 7.13. The molecule has 0 spiro atoms. The first-order valence-electron chi connectivity index (χ1n) is 13.0. The van der Waals surface area contributed by atoms with Crippen molar-refractivity contribution in [3.63, 3.8) is 0 Å². The van der Waals surface area contributed by atoms with Gasteiger partial charge in [0.25, 0.3) is 0 Å². The molecule has 0 unspecified atom stereocenters. The summed E-state index contributed by atoms with van der Waals surface area (Å²) in [4.78, 5) is 37.6. The fourth-order valence-electron chi connectivity index (χ4n) is 5.07. The minimum Gasteiger partial charge on any atom is -0.472 e. The van der Waals surface area contributed by atoms with Crippen LogP contribution in [0.5, 0.6) is 5.88 Å². The van der Waals surface area contributed by atoms with Crippen molar-refractivity contribution in [1.82, 2.24) is 14.9 Å². The molecule has 6 bridgehead atoms. The zero-order chi connectivity index (χ0) is 27.0. The lowest BCUT2D eigenvalue weighted by molar-refractivity contribution is -0.151. The van der Waals surface area contributed by atoms with Gasteiger partial charge in [-0.3, -0.25) is 4.79 Å². The molecule has 4 heterocycles. The number of esters is 1. The molecule has 38 heavy (non-hydrogen) atoms. The standard InChI is InChI=1S/C29H34N4O4S/c1-17(2)24-26(34)33-15-20(14-22(33)27(35)36-5)37-25-21-13-18(8-9-19(21)10-12-30-25)7-6-11-29(3,4)23-16-38-28(31-23)32-24/h6-10,12-13,16-17,20,22,24H,11,14-15H2,1-5H3,(H,31,32)/b7-6+/t20-,22+,24+/m1/s1. The van der Waals surface area contributed by atoms with E-state index < -0.39 is 24.2 Å². The van der Waals surface area contributed by atoms with Gasteiger partial charge in [0.2, 0.25) is 11.8 Å². The summed E-state index contributed by atoms with van der Waals surface area (Å²) in [5.74, 6) is -0.161. The van der Waals surface area contributed by atoms with Gasteiger partial charge in [-0.25, -0.2) is 14.8 Å². The van der Waals surface area contributed by atoms with Crippen LogP contribution in [-0.2, 0) is 19.7 Å². The molecule has 2 aromatic heterocycles. The molecule has 1 aromatic carbocycles. The number of amides is 1. The van der Waals surface area contributed by atoms with Crippen LogP contribution in [0.2, 0.25) is 0 Å². The van der Waals surface area contributed by atoms with Crippen LogP contribution >= 0.6 is 11.3 Å².